The van der Waals surface area contributed by atoms with E-state index in [9.17, 15) is 28.3 Å². The summed E-state index contributed by atoms with van der Waals surface area (Å²) in [5.41, 5.74) is -1.72. The van der Waals surface area contributed by atoms with E-state index in [0.29, 0.717) is 4.57 Å². The first-order chi connectivity index (χ1) is 12.8. The van der Waals surface area contributed by atoms with Crippen LogP contribution in [0.15, 0.2) is 46.1 Å². The lowest BCUT2D eigenvalue weighted by molar-refractivity contribution is -0.0496. The Hall–Kier alpha value is -2.69. The fourth-order valence-corrected chi connectivity index (χ4v) is 2.82. The molecule has 1 fully saturated rings. The van der Waals surface area contributed by atoms with Crippen molar-refractivity contribution in [2.45, 2.75) is 31.2 Å². The zero-order chi connectivity index (χ0) is 19.7. The van der Waals surface area contributed by atoms with Crippen LogP contribution in [0.3, 0.4) is 0 Å². The molecule has 1 aliphatic heterocycles. The second-order valence-corrected chi connectivity index (χ2v) is 6.04. The number of ketones is 1. The van der Waals surface area contributed by atoms with Gasteiger partial charge in [0, 0.05) is 17.8 Å². The third-order valence-electron chi connectivity index (χ3n) is 4.31. The standard InChI is InChI=1S/C17H16F2N2O6/c18-10-3-1-9(2-4-10)11(23)7-21-13(24)5-6-20(17(21)26)16-14(19)15(25)12(8-22)27-16/h1-6,12,14-16,22,25H,7-8H2/t12-,14+,15+,16-/m0/s1. The van der Waals surface area contributed by atoms with Crippen molar-refractivity contribution in [2.75, 3.05) is 6.61 Å². The molecule has 8 nitrogen and oxygen atoms in total. The van der Waals surface area contributed by atoms with E-state index in [2.05, 4.69) is 0 Å². The lowest BCUT2D eigenvalue weighted by Crippen LogP contribution is -2.43. The molecule has 0 saturated carbocycles. The Morgan fingerprint density at radius 3 is 2.44 bits per heavy atom. The average Bonchev–Trinajstić information content (AvgIpc) is 2.94. The summed E-state index contributed by atoms with van der Waals surface area (Å²) in [6, 6.07) is 5.51. The van der Waals surface area contributed by atoms with E-state index in [1.807, 2.05) is 0 Å². The Bertz CT molecular complexity index is 955. The number of halogens is 2. The van der Waals surface area contributed by atoms with Gasteiger partial charge < -0.3 is 14.9 Å². The second-order valence-electron chi connectivity index (χ2n) is 6.04. The van der Waals surface area contributed by atoms with Crippen molar-refractivity contribution in [1.82, 2.24) is 9.13 Å². The molecule has 2 N–H and O–H groups in total. The van der Waals surface area contributed by atoms with Crippen molar-refractivity contribution in [2.24, 2.45) is 0 Å². The summed E-state index contributed by atoms with van der Waals surface area (Å²) < 4.78 is 33.7. The normalized spacial score (nSPS) is 24.9. The largest absolute Gasteiger partial charge is 0.394 e. The summed E-state index contributed by atoms with van der Waals surface area (Å²) >= 11 is 0. The lowest BCUT2D eigenvalue weighted by Gasteiger charge is -2.17. The highest BCUT2D eigenvalue weighted by Crippen LogP contribution is 2.30. The number of carbonyl (C=O) groups excluding carboxylic acids is 1. The van der Waals surface area contributed by atoms with Gasteiger partial charge in [-0.25, -0.2) is 13.6 Å². The fourth-order valence-electron chi connectivity index (χ4n) is 2.82. The van der Waals surface area contributed by atoms with Crippen molar-refractivity contribution in [3.05, 3.63) is 68.7 Å². The van der Waals surface area contributed by atoms with Crippen LogP contribution >= 0.6 is 0 Å². The number of hydrogen-bond donors (Lipinski definition) is 2. The van der Waals surface area contributed by atoms with Crippen molar-refractivity contribution in [1.29, 1.82) is 0 Å². The molecule has 4 atom stereocenters. The van der Waals surface area contributed by atoms with Gasteiger partial charge in [-0.05, 0) is 24.3 Å². The van der Waals surface area contributed by atoms with Crippen LogP contribution in [0.1, 0.15) is 16.6 Å². The van der Waals surface area contributed by atoms with E-state index in [1.54, 1.807) is 0 Å². The Morgan fingerprint density at radius 2 is 1.85 bits per heavy atom. The highest BCUT2D eigenvalue weighted by atomic mass is 19.1. The number of nitrogens with zero attached hydrogens (tertiary/aromatic N) is 2. The SMILES string of the molecule is O=C(Cn1c(=O)ccn([C@H]2O[C@@H](CO)[C@@H](O)[C@H]2F)c1=O)c1ccc(F)cc1. The minimum atomic E-state index is -2.02. The highest BCUT2D eigenvalue weighted by Gasteiger charge is 2.45. The lowest BCUT2D eigenvalue weighted by atomic mass is 10.1. The van der Waals surface area contributed by atoms with Crippen LogP contribution in [0, 0.1) is 5.82 Å². The smallest absolute Gasteiger partial charge is 0.333 e. The van der Waals surface area contributed by atoms with E-state index < -0.39 is 60.6 Å². The number of alkyl halides is 1. The van der Waals surface area contributed by atoms with Gasteiger partial charge in [-0.2, -0.15) is 0 Å². The van der Waals surface area contributed by atoms with Gasteiger partial charge in [0.05, 0.1) is 13.2 Å². The molecule has 10 heteroatoms. The Morgan fingerprint density at radius 1 is 1.19 bits per heavy atom. The molecule has 1 saturated heterocycles. The summed E-state index contributed by atoms with van der Waals surface area (Å²) in [6.07, 6.45) is -5.45. The van der Waals surface area contributed by atoms with Gasteiger partial charge in [0.1, 0.15) is 18.0 Å². The van der Waals surface area contributed by atoms with Gasteiger partial charge in [0.2, 0.25) is 0 Å². The highest BCUT2D eigenvalue weighted by molar-refractivity contribution is 5.95. The molecular weight excluding hydrogens is 366 g/mol. The Labute approximate surface area is 150 Å². The quantitative estimate of drug-likeness (QED) is 0.682. The molecule has 2 heterocycles. The maximum absolute atomic E-state index is 14.2. The average molecular weight is 382 g/mol. The number of Topliss-reactive ketones (excluding diaryl/α,β-unsaturated/α-hetero) is 1. The van der Waals surface area contributed by atoms with E-state index in [-0.39, 0.29) is 5.56 Å². The molecule has 0 bridgehead atoms. The van der Waals surface area contributed by atoms with Gasteiger partial charge >= 0.3 is 5.69 Å². The predicted octanol–water partition coefficient (Wildman–Crippen LogP) is -0.379. The molecule has 0 radical (unpaired) electrons. The topological polar surface area (TPSA) is 111 Å². The number of carbonyl (C=O) groups is 1. The van der Waals surface area contributed by atoms with Gasteiger partial charge in [-0.3, -0.25) is 18.7 Å². The fraction of sp³-hybridized carbons (Fsp3) is 0.353. The van der Waals surface area contributed by atoms with Crippen LogP contribution < -0.4 is 11.2 Å². The van der Waals surface area contributed by atoms with Gasteiger partial charge in [0.15, 0.2) is 18.2 Å². The molecule has 0 unspecified atom stereocenters. The number of benzene rings is 1. The third-order valence-corrected chi connectivity index (χ3v) is 4.31. The Kier molecular flexibility index (Phi) is 5.31. The van der Waals surface area contributed by atoms with Gasteiger partial charge in [-0.1, -0.05) is 0 Å². The molecule has 3 rings (SSSR count). The molecule has 1 aromatic heterocycles. The maximum atomic E-state index is 14.2. The predicted molar refractivity (Wildman–Crippen MR) is 87.6 cm³/mol. The number of aliphatic hydroxyl groups is 2. The van der Waals surface area contributed by atoms with Crippen LogP contribution in [-0.2, 0) is 11.3 Å². The molecule has 0 aliphatic carbocycles. The van der Waals surface area contributed by atoms with Crippen LogP contribution in [0.2, 0.25) is 0 Å². The Balaban J connectivity index is 1.93. The number of ether oxygens (including phenoxy) is 1. The van der Waals surface area contributed by atoms with Crippen LogP contribution in [0.25, 0.3) is 0 Å². The molecule has 1 aromatic carbocycles. The van der Waals surface area contributed by atoms with Crippen molar-refractivity contribution in [3.8, 4) is 0 Å². The first kappa shape index (κ1) is 19.1. The van der Waals surface area contributed by atoms with Gasteiger partial charge in [-0.15, -0.1) is 0 Å². The van der Waals surface area contributed by atoms with Crippen molar-refractivity contribution >= 4 is 5.78 Å². The van der Waals surface area contributed by atoms with E-state index in [4.69, 9.17) is 9.84 Å². The molecular formula is C17H16F2N2O6. The minimum Gasteiger partial charge on any atom is -0.394 e. The molecule has 2 aromatic rings. The van der Waals surface area contributed by atoms with Crippen molar-refractivity contribution in [3.63, 3.8) is 0 Å². The van der Waals surface area contributed by atoms with Crippen LogP contribution in [0.5, 0.6) is 0 Å². The first-order valence-corrected chi connectivity index (χ1v) is 8.02. The monoisotopic (exact) mass is 382 g/mol. The number of hydrogen-bond acceptors (Lipinski definition) is 6. The zero-order valence-electron chi connectivity index (χ0n) is 13.9. The van der Waals surface area contributed by atoms with Crippen LogP contribution in [0.4, 0.5) is 8.78 Å². The number of aromatic nitrogens is 2. The molecule has 144 valence electrons. The van der Waals surface area contributed by atoms with Gasteiger partial charge in [0.25, 0.3) is 5.56 Å². The summed E-state index contributed by atoms with van der Waals surface area (Å²) in [4.78, 5) is 36.8. The molecule has 27 heavy (non-hydrogen) atoms. The summed E-state index contributed by atoms with van der Waals surface area (Å²) in [5, 5.41) is 18.8. The summed E-state index contributed by atoms with van der Waals surface area (Å²) in [7, 11) is 0. The first-order valence-electron chi connectivity index (χ1n) is 8.02. The van der Waals surface area contributed by atoms with E-state index in [1.165, 1.54) is 12.1 Å². The second kappa shape index (κ2) is 7.51. The van der Waals surface area contributed by atoms with E-state index in [0.717, 1.165) is 29.0 Å². The number of aliphatic hydroxyl groups excluding tert-OH is 2. The summed E-state index contributed by atoms with van der Waals surface area (Å²) in [6.45, 7) is -1.30. The van der Waals surface area contributed by atoms with Crippen LogP contribution in [-0.4, -0.2) is 50.1 Å². The van der Waals surface area contributed by atoms with E-state index >= 15 is 0 Å². The number of rotatable bonds is 5. The summed E-state index contributed by atoms with van der Waals surface area (Å²) in [5.74, 6) is -1.17. The zero-order valence-corrected chi connectivity index (χ0v) is 13.9. The minimum absolute atomic E-state index is 0.0920. The molecule has 1 aliphatic rings. The molecule has 0 amide bonds. The molecule has 0 spiro atoms. The maximum Gasteiger partial charge on any atom is 0.333 e. The third kappa shape index (κ3) is 3.59. The van der Waals surface area contributed by atoms with Crippen molar-refractivity contribution < 1.29 is 28.5 Å².